The first-order chi connectivity index (χ1) is 10.3. The van der Waals surface area contributed by atoms with Gasteiger partial charge in [0.2, 0.25) is 0 Å². The number of nitrogen functional groups attached to an aromatic ring is 1. The lowest BCUT2D eigenvalue weighted by atomic mass is 10.0. The third-order valence-corrected chi connectivity index (χ3v) is 3.23. The van der Waals surface area contributed by atoms with E-state index in [1.54, 1.807) is 0 Å². The van der Waals surface area contributed by atoms with Crippen LogP contribution in [0.4, 0.5) is 11.4 Å². The van der Waals surface area contributed by atoms with Crippen molar-refractivity contribution in [3.63, 3.8) is 0 Å². The summed E-state index contributed by atoms with van der Waals surface area (Å²) in [7, 11) is 0. The fourth-order valence-corrected chi connectivity index (χ4v) is 2.17. The summed E-state index contributed by atoms with van der Waals surface area (Å²) in [4.78, 5) is 4.80. The number of benzene rings is 3. The highest BCUT2D eigenvalue weighted by atomic mass is 14.7. The summed E-state index contributed by atoms with van der Waals surface area (Å²) in [5.74, 6) is 0. The normalized spacial score (nSPS) is 10.1. The van der Waals surface area contributed by atoms with Crippen LogP contribution in [0, 0.1) is 0 Å². The zero-order valence-corrected chi connectivity index (χ0v) is 11.6. The molecule has 0 radical (unpaired) electrons. The quantitative estimate of drug-likeness (QED) is 0.555. The minimum atomic E-state index is 0.745. The highest BCUT2D eigenvalue weighted by Gasteiger charge is 2.06. The number of anilines is 1. The summed E-state index contributed by atoms with van der Waals surface area (Å²) in [6.45, 7) is 0. The maximum absolute atomic E-state index is 5.73. The van der Waals surface area contributed by atoms with Gasteiger partial charge in [-0.05, 0) is 24.3 Å². The SMILES string of the molecule is Nc1ccc(N=C(c2ccccc2)c2ccccc2)cc1. The van der Waals surface area contributed by atoms with Gasteiger partial charge in [0, 0.05) is 16.8 Å². The van der Waals surface area contributed by atoms with Crippen LogP contribution >= 0.6 is 0 Å². The van der Waals surface area contributed by atoms with E-state index in [1.165, 1.54) is 0 Å². The van der Waals surface area contributed by atoms with E-state index in [0.717, 1.165) is 28.2 Å². The molecule has 21 heavy (non-hydrogen) atoms. The molecule has 0 spiro atoms. The molecular weight excluding hydrogens is 256 g/mol. The van der Waals surface area contributed by atoms with Crippen molar-refractivity contribution in [3.8, 4) is 0 Å². The average molecular weight is 272 g/mol. The van der Waals surface area contributed by atoms with E-state index >= 15 is 0 Å². The van der Waals surface area contributed by atoms with Crippen molar-refractivity contribution in [2.75, 3.05) is 5.73 Å². The molecule has 0 saturated carbocycles. The molecule has 0 fully saturated rings. The van der Waals surface area contributed by atoms with Crippen LogP contribution in [0.5, 0.6) is 0 Å². The molecule has 0 heterocycles. The van der Waals surface area contributed by atoms with Gasteiger partial charge in [-0.3, -0.25) is 0 Å². The molecule has 0 bridgehead atoms. The van der Waals surface area contributed by atoms with Gasteiger partial charge in [-0.2, -0.15) is 0 Å². The van der Waals surface area contributed by atoms with Crippen LogP contribution < -0.4 is 5.73 Å². The maximum Gasteiger partial charge on any atom is 0.0781 e. The first-order valence-electron chi connectivity index (χ1n) is 6.88. The summed E-state index contributed by atoms with van der Waals surface area (Å²) in [6.07, 6.45) is 0. The molecule has 0 aliphatic carbocycles. The molecule has 0 saturated heterocycles. The van der Waals surface area contributed by atoms with Gasteiger partial charge in [-0.1, -0.05) is 60.7 Å². The van der Waals surface area contributed by atoms with Crippen LogP contribution in [-0.2, 0) is 0 Å². The Balaban J connectivity index is 2.10. The maximum atomic E-state index is 5.73. The van der Waals surface area contributed by atoms with Gasteiger partial charge < -0.3 is 5.73 Å². The van der Waals surface area contributed by atoms with Crippen LogP contribution in [0.1, 0.15) is 11.1 Å². The molecule has 0 amide bonds. The molecule has 0 aromatic heterocycles. The number of nitrogens with two attached hydrogens (primary N) is 1. The first-order valence-corrected chi connectivity index (χ1v) is 6.88. The Morgan fingerprint density at radius 2 is 1.10 bits per heavy atom. The highest BCUT2D eigenvalue weighted by molar-refractivity contribution is 6.13. The Kier molecular flexibility index (Phi) is 3.79. The second kappa shape index (κ2) is 6.06. The zero-order valence-electron chi connectivity index (χ0n) is 11.6. The van der Waals surface area contributed by atoms with Gasteiger partial charge in [0.25, 0.3) is 0 Å². The molecule has 102 valence electrons. The molecule has 0 atom stereocenters. The van der Waals surface area contributed by atoms with Gasteiger partial charge in [0.15, 0.2) is 0 Å². The Labute approximate surface area is 124 Å². The molecule has 2 heteroatoms. The Hall–Kier alpha value is -2.87. The summed E-state index contributed by atoms with van der Waals surface area (Å²) in [5.41, 5.74) is 10.5. The largest absolute Gasteiger partial charge is 0.399 e. The fraction of sp³-hybridized carbons (Fsp3) is 0. The van der Waals surface area contributed by atoms with Crippen LogP contribution in [0.15, 0.2) is 89.9 Å². The van der Waals surface area contributed by atoms with Crippen molar-refractivity contribution in [3.05, 3.63) is 96.1 Å². The van der Waals surface area contributed by atoms with Gasteiger partial charge in [0.1, 0.15) is 0 Å². The topological polar surface area (TPSA) is 38.4 Å². The molecule has 0 aliphatic heterocycles. The molecule has 3 aromatic carbocycles. The summed E-state index contributed by atoms with van der Waals surface area (Å²) < 4.78 is 0. The van der Waals surface area contributed by atoms with E-state index < -0.39 is 0 Å². The van der Waals surface area contributed by atoms with Crippen LogP contribution in [0.3, 0.4) is 0 Å². The monoisotopic (exact) mass is 272 g/mol. The second-order valence-corrected chi connectivity index (χ2v) is 4.78. The molecule has 3 rings (SSSR count). The van der Waals surface area contributed by atoms with E-state index in [0.29, 0.717) is 0 Å². The Morgan fingerprint density at radius 3 is 1.57 bits per heavy atom. The van der Waals surface area contributed by atoms with Crippen molar-refractivity contribution in [2.24, 2.45) is 4.99 Å². The van der Waals surface area contributed by atoms with E-state index in [-0.39, 0.29) is 0 Å². The number of nitrogens with zero attached hydrogens (tertiary/aromatic N) is 1. The average Bonchev–Trinajstić information content (AvgIpc) is 2.56. The number of hydrogen-bond acceptors (Lipinski definition) is 2. The van der Waals surface area contributed by atoms with Gasteiger partial charge in [0.05, 0.1) is 11.4 Å². The van der Waals surface area contributed by atoms with Crippen LogP contribution in [0.2, 0.25) is 0 Å². The van der Waals surface area contributed by atoms with Crippen molar-refractivity contribution in [1.29, 1.82) is 0 Å². The Bertz CT molecular complexity index is 688. The van der Waals surface area contributed by atoms with E-state index in [9.17, 15) is 0 Å². The predicted molar refractivity (Wildman–Crippen MR) is 89.0 cm³/mol. The van der Waals surface area contributed by atoms with E-state index in [2.05, 4.69) is 24.3 Å². The van der Waals surface area contributed by atoms with Crippen LogP contribution in [0.25, 0.3) is 0 Å². The lowest BCUT2D eigenvalue weighted by Crippen LogP contribution is -2.02. The van der Waals surface area contributed by atoms with Crippen molar-refractivity contribution in [1.82, 2.24) is 0 Å². The van der Waals surface area contributed by atoms with Gasteiger partial charge in [-0.25, -0.2) is 4.99 Å². The standard InChI is InChI=1S/C19H16N2/c20-17-11-13-18(14-12-17)21-19(15-7-3-1-4-8-15)16-9-5-2-6-10-16/h1-14H,20H2. The fourth-order valence-electron chi connectivity index (χ4n) is 2.17. The molecule has 0 unspecified atom stereocenters. The molecule has 0 aliphatic rings. The summed E-state index contributed by atoms with van der Waals surface area (Å²) in [6, 6.07) is 28.0. The Morgan fingerprint density at radius 1 is 0.619 bits per heavy atom. The smallest absolute Gasteiger partial charge is 0.0781 e. The molecule has 2 N–H and O–H groups in total. The van der Waals surface area contributed by atoms with Crippen molar-refractivity contribution < 1.29 is 0 Å². The molecule has 2 nitrogen and oxygen atoms in total. The minimum Gasteiger partial charge on any atom is -0.399 e. The highest BCUT2D eigenvalue weighted by Crippen LogP contribution is 2.19. The number of aliphatic imine (C=N–C) groups is 1. The van der Waals surface area contributed by atoms with Crippen molar-refractivity contribution >= 4 is 17.1 Å². The molecule has 3 aromatic rings. The predicted octanol–water partition coefficient (Wildman–Crippen LogP) is 4.44. The summed E-state index contributed by atoms with van der Waals surface area (Å²) in [5, 5.41) is 0. The van der Waals surface area contributed by atoms with Crippen LogP contribution in [-0.4, -0.2) is 5.71 Å². The van der Waals surface area contributed by atoms with Gasteiger partial charge in [-0.15, -0.1) is 0 Å². The molecular formula is C19H16N2. The number of hydrogen-bond donors (Lipinski definition) is 1. The number of rotatable bonds is 3. The minimum absolute atomic E-state index is 0.745. The van der Waals surface area contributed by atoms with E-state index in [4.69, 9.17) is 10.7 Å². The third-order valence-electron chi connectivity index (χ3n) is 3.23. The lowest BCUT2D eigenvalue weighted by molar-refractivity contribution is 1.47. The lowest BCUT2D eigenvalue weighted by Gasteiger charge is -2.07. The second-order valence-electron chi connectivity index (χ2n) is 4.78. The first kappa shape index (κ1) is 13.1. The zero-order chi connectivity index (χ0) is 14.5. The van der Waals surface area contributed by atoms with E-state index in [1.807, 2.05) is 60.7 Å². The van der Waals surface area contributed by atoms with Gasteiger partial charge >= 0.3 is 0 Å². The summed E-state index contributed by atoms with van der Waals surface area (Å²) >= 11 is 0. The third kappa shape index (κ3) is 3.18. The van der Waals surface area contributed by atoms with Crippen molar-refractivity contribution in [2.45, 2.75) is 0 Å².